The molecule has 0 spiro atoms. The maximum atomic E-state index is 5.77. The maximum Gasteiger partial charge on any atom is 0.0678 e. The van der Waals surface area contributed by atoms with Crippen LogP contribution in [0.1, 0.15) is 46.0 Å². The van der Waals surface area contributed by atoms with Crippen molar-refractivity contribution in [3.63, 3.8) is 0 Å². The van der Waals surface area contributed by atoms with Gasteiger partial charge in [0, 0.05) is 19.1 Å². The Labute approximate surface area is 87.6 Å². The van der Waals surface area contributed by atoms with Gasteiger partial charge in [-0.15, -0.1) is 0 Å². The molecule has 0 N–H and O–H groups in total. The van der Waals surface area contributed by atoms with Gasteiger partial charge in [-0.1, -0.05) is 19.3 Å². The van der Waals surface area contributed by atoms with Crippen LogP contribution in [0.3, 0.4) is 0 Å². The average molecular weight is 197 g/mol. The van der Waals surface area contributed by atoms with Gasteiger partial charge in [-0.2, -0.15) is 0 Å². The summed E-state index contributed by atoms with van der Waals surface area (Å²) < 4.78 is 5.77. The highest BCUT2D eigenvalue weighted by Crippen LogP contribution is 2.25. The van der Waals surface area contributed by atoms with E-state index in [1.807, 2.05) is 0 Å². The molecule has 2 fully saturated rings. The molecular weight excluding hydrogens is 174 g/mol. The van der Waals surface area contributed by atoms with Gasteiger partial charge >= 0.3 is 0 Å². The normalized spacial score (nSPS) is 37.3. The Kier molecular flexibility index (Phi) is 3.45. The molecule has 0 radical (unpaired) electrons. The number of ether oxygens (including phenoxy) is 1. The molecule has 2 nitrogen and oxygen atoms in total. The Hall–Kier alpha value is -0.0800. The van der Waals surface area contributed by atoms with E-state index in [-0.39, 0.29) is 0 Å². The minimum absolute atomic E-state index is 0.431. The highest BCUT2D eigenvalue weighted by Gasteiger charge is 2.28. The first-order chi connectivity index (χ1) is 6.75. The fraction of sp³-hybridized carbons (Fsp3) is 1.00. The summed E-state index contributed by atoms with van der Waals surface area (Å²) >= 11 is 0. The lowest BCUT2D eigenvalue weighted by Crippen LogP contribution is -2.50. The Morgan fingerprint density at radius 2 is 1.50 bits per heavy atom. The van der Waals surface area contributed by atoms with E-state index in [0.29, 0.717) is 12.2 Å². The van der Waals surface area contributed by atoms with Crippen LogP contribution in [0.4, 0.5) is 0 Å². The minimum atomic E-state index is 0.431. The molecule has 0 aromatic heterocycles. The second kappa shape index (κ2) is 4.63. The number of nitrogens with zero attached hydrogens (tertiary/aromatic N) is 1. The molecule has 1 saturated carbocycles. The average Bonchev–Trinajstić information content (AvgIpc) is 2.18. The monoisotopic (exact) mass is 197 g/mol. The molecular formula is C12H23NO. The van der Waals surface area contributed by atoms with E-state index in [4.69, 9.17) is 4.74 Å². The molecule has 0 bridgehead atoms. The molecule has 0 aromatic carbocycles. The van der Waals surface area contributed by atoms with Gasteiger partial charge in [0.2, 0.25) is 0 Å². The van der Waals surface area contributed by atoms with Crippen molar-refractivity contribution in [1.82, 2.24) is 4.90 Å². The molecule has 0 unspecified atom stereocenters. The highest BCUT2D eigenvalue weighted by molar-refractivity contribution is 4.81. The van der Waals surface area contributed by atoms with Crippen LogP contribution in [-0.4, -0.2) is 36.2 Å². The van der Waals surface area contributed by atoms with Gasteiger partial charge in [0.1, 0.15) is 0 Å². The van der Waals surface area contributed by atoms with Gasteiger partial charge in [-0.25, -0.2) is 0 Å². The molecule has 2 atom stereocenters. The summed E-state index contributed by atoms with van der Waals surface area (Å²) in [6.45, 7) is 6.70. The second-order valence-corrected chi connectivity index (χ2v) is 5.00. The molecule has 2 aliphatic rings. The Morgan fingerprint density at radius 1 is 0.929 bits per heavy atom. The number of morpholine rings is 1. The third kappa shape index (κ3) is 2.48. The van der Waals surface area contributed by atoms with Crippen molar-refractivity contribution in [1.29, 1.82) is 0 Å². The SMILES string of the molecule is C[C@@H]1CN(C2CCCCC2)C[C@H](C)O1. The van der Waals surface area contributed by atoms with Crippen LogP contribution in [0.5, 0.6) is 0 Å². The number of hydrogen-bond acceptors (Lipinski definition) is 2. The van der Waals surface area contributed by atoms with E-state index in [9.17, 15) is 0 Å². The van der Waals surface area contributed by atoms with Crippen LogP contribution in [0, 0.1) is 0 Å². The fourth-order valence-corrected chi connectivity index (χ4v) is 2.96. The predicted octanol–water partition coefficient (Wildman–Crippen LogP) is 2.43. The largest absolute Gasteiger partial charge is 0.373 e. The summed E-state index contributed by atoms with van der Waals surface area (Å²) in [6, 6.07) is 0.859. The quantitative estimate of drug-likeness (QED) is 0.640. The predicted molar refractivity (Wildman–Crippen MR) is 58.5 cm³/mol. The third-order valence-electron chi connectivity index (χ3n) is 3.54. The van der Waals surface area contributed by atoms with E-state index >= 15 is 0 Å². The van der Waals surface area contributed by atoms with Gasteiger partial charge in [0.05, 0.1) is 12.2 Å². The summed E-state index contributed by atoms with van der Waals surface area (Å²) in [5.41, 5.74) is 0. The van der Waals surface area contributed by atoms with Crippen molar-refractivity contribution in [3.8, 4) is 0 Å². The zero-order valence-corrected chi connectivity index (χ0v) is 9.54. The molecule has 82 valence electrons. The highest BCUT2D eigenvalue weighted by atomic mass is 16.5. The van der Waals surface area contributed by atoms with Crippen LogP contribution in [-0.2, 0) is 4.74 Å². The molecule has 0 aromatic rings. The first-order valence-electron chi connectivity index (χ1n) is 6.15. The Bertz CT molecular complexity index is 167. The molecule has 1 aliphatic carbocycles. The van der Waals surface area contributed by atoms with Crippen LogP contribution in [0.2, 0.25) is 0 Å². The van der Waals surface area contributed by atoms with E-state index in [2.05, 4.69) is 18.7 Å². The summed E-state index contributed by atoms with van der Waals surface area (Å²) in [5.74, 6) is 0. The van der Waals surface area contributed by atoms with Crippen molar-refractivity contribution in [3.05, 3.63) is 0 Å². The topological polar surface area (TPSA) is 12.5 Å². The van der Waals surface area contributed by atoms with Gasteiger partial charge in [0.25, 0.3) is 0 Å². The van der Waals surface area contributed by atoms with Crippen molar-refractivity contribution in [2.75, 3.05) is 13.1 Å². The zero-order valence-electron chi connectivity index (χ0n) is 9.54. The first-order valence-corrected chi connectivity index (χ1v) is 6.15. The van der Waals surface area contributed by atoms with Crippen LogP contribution in [0.25, 0.3) is 0 Å². The molecule has 1 aliphatic heterocycles. The minimum Gasteiger partial charge on any atom is -0.373 e. The Balaban J connectivity index is 1.88. The number of hydrogen-bond donors (Lipinski definition) is 0. The molecule has 2 rings (SSSR count). The van der Waals surface area contributed by atoms with Crippen molar-refractivity contribution < 1.29 is 4.74 Å². The Morgan fingerprint density at radius 3 is 2.07 bits per heavy atom. The molecule has 1 saturated heterocycles. The van der Waals surface area contributed by atoms with E-state index in [1.165, 1.54) is 32.1 Å². The lowest BCUT2D eigenvalue weighted by Gasteiger charge is -2.41. The summed E-state index contributed by atoms with van der Waals surface area (Å²) in [4.78, 5) is 2.66. The summed E-state index contributed by atoms with van der Waals surface area (Å²) in [7, 11) is 0. The van der Waals surface area contributed by atoms with Gasteiger partial charge in [-0.05, 0) is 26.7 Å². The van der Waals surface area contributed by atoms with Crippen molar-refractivity contribution in [2.45, 2.75) is 64.2 Å². The van der Waals surface area contributed by atoms with Gasteiger partial charge in [-0.3, -0.25) is 4.90 Å². The lowest BCUT2D eigenvalue weighted by molar-refractivity contribution is -0.0839. The smallest absolute Gasteiger partial charge is 0.0678 e. The van der Waals surface area contributed by atoms with Crippen LogP contribution >= 0.6 is 0 Å². The molecule has 1 heterocycles. The van der Waals surface area contributed by atoms with Crippen molar-refractivity contribution in [2.24, 2.45) is 0 Å². The second-order valence-electron chi connectivity index (χ2n) is 5.00. The van der Waals surface area contributed by atoms with Crippen LogP contribution in [0.15, 0.2) is 0 Å². The van der Waals surface area contributed by atoms with E-state index in [1.54, 1.807) is 0 Å². The zero-order chi connectivity index (χ0) is 9.97. The standard InChI is InChI=1S/C12H23NO/c1-10-8-13(9-11(2)14-10)12-6-4-3-5-7-12/h10-12H,3-9H2,1-2H3/t10-,11+. The van der Waals surface area contributed by atoms with Crippen molar-refractivity contribution >= 4 is 0 Å². The van der Waals surface area contributed by atoms with E-state index < -0.39 is 0 Å². The van der Waals surface area contributed by atoms with Gasteiger partial charge in [0.15, 0.2) is 0 Å². The lowest BCUT2D eigenvalue weighted by atomic mass is 9.93. The maximum absolute atomic E-state index is 5.77. The van der Waals surface area contributed by atoms with E-state index in [0.717, 1.165) is 19.1 Å². The molecule has 14 heavy (non-hydrogen) atoms. The summed E-state index contributed by atoms with van der Waals surface area (Å²) in [6.07, 6.45) is 8.02. The van der Waals surface area contributed by atoms with Crippen LogP contribution < -0.4 is 0 Å². The fourth-order valence-electron chi connectivity index (χ4n) is 2.96. The third-order valence-corrected chi connectivity index (χ3v) is 3.54. The number of rotatable bonds is 1. The molecule has 0 amide bonds. The first kappa shape index (κ1) is 10.4. The molecule has 2 heteroatoms. The summed E-state index contributed by atoms with van der Waals surface area (Å²) in [5, 5.41) is 0. The van der Waals surface area contributed by atoms with Gasteiger partial charge < -0.3 is 4.74 Å².